The van der Waals surface area contributed by atoms with Crippen LogP contribution in [0.2, 0.25) is 5.02 Å². The molecule has 2 rings (SSSR count). The lowest BCUT2D eigenvalue weighted by Crippen LogP contribution is -2.22. The van der Waals surface area contributed by atoms with E-state index in [4.69, 9.17) is 15.8 Å². The molecule has 2 nitrogen and oxygen atoms in total. The van der Waals surface area contributed by atoms with Crippen molar-refractivity contribution in [3.05, 3.63) is 29.3 Å². The average molecular weight is 369 g/mol. The normalized spacial score (nSPS) is 20.8. The molecule has 1 aromatic rings. The molecule has 0 amide bonds. The van der Waals surface area contributed by atoms with Crippen molar-refractivity contribution in [3.63, 3.8) is 0 Å². The number of hydrogen-bond acceptors (Lipinski definition) is 3. The zero-order valence-corrected chi connectivity index (χ0v) is 16.2. The molecule has 1 aliphatic rings. The Morgan fingerprint density at radius 3 is 2.54 bits per heavy atom. The molecule has 134 valence electrons. The van der Waals surface area contributed by atoms with Crippen molar-refractivity contribution in [1.29, 1.82) is 0 Å². The van der Waals surface area contributed by atoms with Crippen LogP contribution in [-0.2, 0) is 8.98 Å². The predicted molar refractivity (Wildman–Crippen MR) is 102 cm³/mol. The smallest absolute Gasteiger partial charge is 0.321 e. The third-order valence-electron chi connectivity index (χ3n) is 4.95. The summed E-state index contributed by atoms with van der Waals surface area (Å²) in [5.41, 5.74) is 0. The monoisotopic (exact) mass is 368 g/mol. The van der Waals surface area contributed by atoms with Crippen molar-refractivity contribution in [1.82, 2.24) is 0 Å². The highest BCUT2D eigenvalue weighted by molar-refractivity contribution is 7.95. The van der Waals surface area contributed by atoms with E-state index in [0.29, 0.717) is 5.02 Å². The first-order valence-electron chi connectivity index (χ1n) is 9.33. The third-order valence-corrected chi connectivity index (χ3v) is 6.17. The second-order valence-corrected chi connectivity index (χ2v) is 8.02. The summed E-state index contributed by atoms with van der Waals surface area (Å²) in [5, 5.41) is 0.627. The van der Waals surface area contributed by atoms with E-state index in [1.54, 1.807) is 0 Å². The molecule has 0 aromatic heterocycles. The quantitative estimate of drug-likeness (QED) is 0.344. The summed E-state index contributed by atoms with van der Waals surface area (Å²) in [6.45, 7) is 2.25. The van der Waals surface area contributed by atoms with Crippen LogP contribution >= 0.6 is 23.6 Å². The molecule has 0 spiro atoms. The lowest BCUT2D eigenvalue weighted by molar-refractivity contribution is -0.138. The Bertz CT molecular complexity index is 498. The van der Waals surface area contributed by atoms with Gasteiger partial charge in [0.1, 0.15) is 0 Å². The fraction of sp³-hybridized carbons (Fsp3) is 0.650. The highest BCUT2D eigenvalue weighted by Crippen LogP contribution is 2.35. The summed E-state index contributed by atoms with van der Waals surface area (Å²) >= 11 is 7.17. The fourth-order valence-corrected chi connectivity index (χ4v) is 4.21. The lowest BCUT2D eigenvalue weighted by atomic mass is 9.80. The van der Waals surface area contributed by atoms with Gasteiger partial charge < -0.3 is 4.18 Å². The summed E-state index contributed by atoms with van der Waals surface area (Å²) in [5.74, 6) is 0.796. The summed E-state index contributed by atoms with van der Waals surface area (Å²) in [7, 11) is 0. The second kappa shape index (κ2) is 11.0. The van der Waals surface area contributed by atoms with Crippen LogP contribution in [0.5, 0.6) is 0 Å². The van der Waals surface area contributed by atoms with Gasteiger partial charge in [-0.1, -0.05) is 69.2 Å². The van der Waals surface area contributed by atoms with Crippen molar-refractivity contribution in [3.8, 4) is 0 Å². The maximum atomic E-state index is 12.2. The van der Waals surface area contributed by atoms with Gasteiger partial charge in [-0.05, 0) is 43.7 Å². The van der Waals surface area contributed by atoms with Gasteiger partial charge in [0.05, 0.1) is 27.9 Å². The molecular weight excluding hydrogens is 340 g/mol. The van der Waals surface area contributed by atoms with Crippen LogP contribution in [0.1, 0.15) is 71.1 Å². The third kappa shape index (κ3) is 6.68. The highest BCUT2D eigenvalue weighted by atomic mass is 35.5. The summed E-state index contributed by atoms with van der Waals surface area (Å²) in [6, 6.07) is 7.45. The van der Waals surface area contributed by atoms with E-state index in [9.17, 15) is 4.79 Å². The van der Waals surface area contributed by atoms with Gasteiger partial charge in [-0.25, -0.2) is 0 Å². The molecule has 1 fully saturated rings. The Morgan fingerprint density at radius 1 is 1.12 bits per heavy atom. The van der Waals surface area contributed by atoms with Crippen LogP contribution in [0.15, 0.2) is 29.2 Å². The van der Waals surface area contributed by atoms with Crippen LogP contribution in [0.4, 0.5) is 0 Å². The van der Waals surface area contributed by atoms with E-state index >= 15 is 0 Å². The van der Waals surface area contributed by atoms with Gasteiger partial charge in [-0.15, -0.1) is 0 Å². The van der Waals surface area contributed by atoms with Gasteiger partial charge in [0, 0.05) is 0 Å². The molecule has 1 saturated carbocycles. The highest BCUT2D eigenvalue weighted by Gasteiger charge is 2.27. The molecule has 0 saturated heterocycles. The average Bonchev–Trinajstić information content (AvgIpc) is 2.61. The molecule has 0 aliphatic heterocycles. The summed E-state index contributed by atoms with van der Waals surface area (Å²) < 4.78 is 5.40. The zero-order chi connectivity index (χ0) is 17.2. The van der Waals surface area contributed by atoms with Crippen molar-refractivity contribution in [2.24, 2.45) is 11.8 Å². The number of benzene rings is 1. The van der Waals surface area contributed by atoms with Gasteiger partial charge in [0.2, 0.25) is 0 Å². The zero-order valence-electron chi connectivity index (χ0n) is 14.6. The van der Waals surface area contributed by atoms with Gasteiger partial charge in [-0.2, -0.15) is 0 Å². The van der Waals surface area contributed by atoms with Crippen LogP contribution in [-0.4, -0.2) is 5.97 Å². The molecule has 0 atom stereocenters. The Morgan fingerprint density at radius 2 is 1.83 bits per heavy atom. The molecule has 0 heterocycles. The number of carbonyl (C=O) groups is 1. The van der Waals surface area contributed by atoms with E-state index in [1.165, 1.54) is 51.4 Å². The van der Waals surface area contributed by atoms with Crippen LogP contribution in [0.3, 0.4) is 0 Å². The van der Waals surface area contributed by atoms with Crippen molar-refractivity contribution < 1.29 is 8.98 Å². The van der Waals surface area contributed by atoms with Crippen LogP contribution < -0.4 is 0 Å². The van der Waals surface area contributed by atoms with E-state index in [0.717, 1.165) is 35.7 Å². The molecule has 1 aliphatic carbocycles. The van der Waals surface area contributed by atoms with Crippen molar-refractivity contribution >= 4 is 29.6 Å². The predicted octanol–water partition coefficient (Wildman–Crippen LogP) is 7.06. The van der Waals surface area contributed by atoms with Crippen molar-refractivity contribution in [2.45, 2.75) is 76.0 Å². The Labute approximate surface area is 155 Å². The van der Waals surface area contributed by atoms with E-state index in [-0.39, 0.29) is 11.9 Å². The largest absolute Gasteiger partial charge is 0.386 e. The van der Waals surface area contributed by atoms with Gasteiger partial charge in [0.25, 0.3) is 0 Å². The minimum absolute atomic E-state index is 0.0660. The van der Waals surface area contributed by atoms with Crippen LogP contribution in [0, 0.1) is 11.8 Å². The van der Waals surface area contributed by atoms with Crippen molar-refractivity contribution in [2.75, 3.05) is 0 Å². The summed E-state index contributed by atoms with van der Waals surface area (Å²) in [4.78, 5) is 13.0. The lowest BCUT2D eigenvalue weighted by Gasteiger charge is -2.26. The standard InChI is InChI=1S/C20H29ClO2S/c1-2-3-4-5-6-9-16-12-14-17(15-13-16)20(22)23-24-19-11-8-7-10-18(19)21/h7-8,10-11,16-17H,2-6,9,12-15H2,1H3. The van der Waals surface area contributed by atoms with Gasteiger partial charge >= 0.3 is 5.97 Å². The SMILES string of the molecule is CCCCCCCC1CCC(C(=O)OSc2ccccc2Cl)CC1. The van der Waals surface area contributed by atoms with Gasteiger partial charge in [-0.3, -0.25) is 4.79 Å². The molecular formula is C20H29ClO2S. The Balaban J connectivity index is 1.63. The van der Waals surface area contributed by atoms with E-state index < -0.39 is 0 Å². The first-order valence-corrected chi connectivity index (χ1v) is 10.5. The first kappa shape index (κ1) is 19.7. The van der Waals surface area contributed by atoms with E-state index in [2.05, 4.69) is 6.92 Å². The summed E-state index contributed by atoms with van der Waals surface area (Å²) in [6.07, 6.45) is 12.4. The fourth-order valence-electron chi connectivity index (χ4n) is 3.39. The maximum Gasteiger partial charge on any atom is 0.321 e. The molecule has 1 aromatic carbocycles. The minimum atomic E-state index is -0.0821. The molecule has 4 heteroatoms. The number of halogens is 1. The Hall–Kier alpha value is -0.670. The van der Waals surface area contributed by atoms with Crippen LogP contribution in [0.25, 0.3) is 0 Å². The Kier molecular flexibility index (Phi) is 9.04. The molecule has 0 bridgehead atoms. The van der Waals surface area contributed by atoms with E-state index in [1.807, 2.05) is 24.3 Å². The minimum Gasteiger partial charge on any atom is -0.386 e. The first-order chi connectivity index (χ1) is 11.7. The maximum absolute atomic E-state index is 12.2. The number of rotatable bonds is 9. The van der Waals surface area contributed by atoms with Gasteiger partial charge in [0.15, 0.2) is 0 Å². The molecule has 24 heavy (non-hydrogen) atoms. The second-order valence-electron chi connectivity index (χ2n) is 6.84. The number of unbranched alkanes of at least 4 members (excludes halogenated alkanes) is 4. The molecule has 0 unspecified atom stereocenters. The molecule has 0 N–H and O–H groups in total. The molecule has 0 radical (unpaired) electrons. The topological polar surface area (TPSA) is 26.3 Å². The number of carbonyl (C=O) groups excluding carboxylic acids is 1. The number of hydrogen-bond donors (Lipinski definition) is 0.